The van der Waals surface area contributed by atoms with Crippen molar-refractivity contribution in [2.75, 3.05) is 24.0 Å². The van der Waals surface area contributed by atoms with Crippen molar-refractivity contribution < 1.29 is 23.7 Å². The van der Waals surface area contributed by atoms with Gasteiger partial charge in [-0.3, -0.25) is 0 Å². The van der Waals surface area contributed by atoms with E-state index < -0.39 is 5.60 Å². The normalized spacial score (nSPS) is 14.8. The largest absolute Gasteiger partial charge is 0.497 e. The van der Waals surface area contributed by atoms with E-state index in [0.717, 1.165) is 73.2 Å². The fraction of sp³-hybridized carbons (Fsp3) is 0.140. The van der Waals surface area contributed by atoms with Crippen LogP contribution in [-0.4, -0.2) is 20.2 Å². The molecular weight excluding hydrogens is 709 g/mol. The molecule has 282 valence electrons. The molecule has 1 atom stereocenters. The van der Waals surface area contributed by atoms with E-state index in [1.54, 1.807) is 14.2 Å². The highest BCUT2D eigenvalue weighted by atomic mass is 16.6. The number of carbonyl (C=O) groups is 1. The zero-order chi connectivity index (χ0) is 39.1. The predicted molar refractivity (Wildman–Crippen MR) is 225 cm³/mol. The summed E-state index contributed by atoms with van der Waals surface area (Å²) < 4.78 is 24.5. The number of nitrogens with zero attached hydrogens (tertiary/aromatic N) is 2. The maximum atomic E-state index is 13.8. The summed E-state index contributed by atoms with van der Waals surface area (Å²) in [4.78, 5) is 18.3. The summed E-state index contributed by atoms with van der Waals surface area (Å²) in [6, 6.07) is 53.2. The molecule has 9 rings (SSSR count). The number of ether oxygens (including phenoxy) is 4. The minimum absolute atomic E-state index is 0.361. The maximum absolute atomic E-state index is 13.8. The molecule has 7 nitrogen and oxygen atoms in total. The van der Waals surface area contributed by atoms with Gasteiger partial charge in [0.05, 0.1) is 19.8 Å². The van der Waals surface area contributed by atoms with Crippen LogP contribution in [0.4, 0.5) is 22.7 Å². The first kappa shape index (κ1) is 35.7. The molecule has 7 heteroatoms. The van der Waals surface area contributed by atoms with Crippen molar-refractivity contribution in [2.45, 2.75) is 32.5 Å². The monoisotopic (exact) mass is 750 g/mol. The second-order valence-electron chi connectivity index (χ2n) is 14.5. The van der Waals surface area contributed by atoms with E-state index in [1.807, 2.05) is 48.5 Å². The van der Waals surface area contributed by atoms with Crippen molar-refractivity contribution in [3.05, 3.63) is 202 Å². The van der Waals surface area contributed by atoms with Gasteiger partial charge in [0.2, 0.25) is 0 Å². The Morgan fingerprint density at radius 2 is 1.04 bits per heavy atom. The zero-order valence-corrected chi connectivity index (χ0v) is 32.4. The molecule has 0 N–H and O–H groups in total. The number of aryl methyl sites for hydroxylation is 2. The SMILES string of the molecule is COc1ccc(CN(Cc2ccc(OC)cc2)c2ccc3c(c2)Oc2cc(N(c4ccccc4C)c4ccccc4C)ccc2C32OC(=O)c3ccccc32)cc1. The van der Waals surface area contributed by atoms with Crippen molar-refractivity contribution in [1.29, 1.82) is 0 Å². The number of hydrogen-bond acceptors (Lipinski definition) is 7. The number of methoxy groups -OCH3 is 2. The molecule has 7 aromatic carbocycles. The quantitative estimate of drug-likeness (QED) is 0.129. The minimum Gasteiger partial charge on any atom is -0.497 e. The van der Waals surface area contributed by atoms with E-state index in [0.29, 0.717) is 30.2 Å². The number of hydrogen-bond donors (Lipinski definition) is 0. The molecule has 57 heavy (non-hydrogen) atoms. The summed E-state index contributed by atoms with van der Waals surface area (Å²) in [5, 5.41) is 0. The molecule has 0 fully saturated rings. The average molecular weight is 751 g/mol. The number of anilines is 4. The van der Waals surface area contributed by atoms with Crippen LogP contribution < -0.4 is 24.0 Å². The Hall–Kier alpha value is -6.99. The number of benzene rings is 7. The zero-order valence-electron chi connectivity index (χ0n) is 32.4. The molecule has 0 saturated carbocycles. The van der Waals surface area contributed by atoms with Gasteiger partial charge in [0.1, 0.15) is 23.0 Å². The molecule has 0 aliphatic carbocycles. The summed E-state index contributed by atoms with van der Waals surface area (Å²) in [5.41, 5.74) is 10.2. The van der Waals surface area contributed by atoms with Gasteiger partial charge in [-0.25, -0.2) is 4.79 Å². The van der Waals surface area contributed by atoms with E-state index in [-0.39, 0.29) is 5.97 Å². The van der Waals surface area contributed by atoms with Gasteiger partial charge in [-0.15, -0.1) is 0 Å². The molecule has 0 amide bonds. The highest BCUT2D eigenvalue weighted by Gasteiger charge is 2.53. The lowest BCUT2D eigenvalue weighted by Gasteiger charge is -2.38. The first-order valence-corrected chi connectivity index (χ1v) is 19.1. The molecule has 7 aromatic rings. The lowest BCUT2D eigenvalue weighted by molar-refractivity contribution is 0.0224. The van der Waals surface area contributed by atoms with E-state index in [9.17, 15) is 4.79 Å². The lowest BCUT2D eigenvalue weighted by atomic mass is 9.77. The van der Waals surface area contributed by atoms with Gasteiger partial charge in [0.15, 0.2) is 5.60 Å². The van der Waals surface area contributed by atoms with Gasteiger partial charge in [-0.05, 0) is 103 Å². The third kappa shape index (κ3) is 6.31. The van der Waals surface area contributed by atoms with Crippen molar-refractivity contribution in [2.24, 2.45) is 0 Å². The van der Waals surface area contributed by atoms with E-state index in [4.69, 9.17) is 18.9 Å². The standard InChI is InChI=1S/C50H42N2O5/c1-33-11-5-9-15-45(33)52(46-16-10-6-12-34(46)2)38-22-28-44-48(30-38)56-47-29-37(21-27-43(47)50(44)42-14-8-7-13-41(42)49(53)57-50)51(31-35-17-23-39(54-3)24-18-35)32-36-19-25-40(55-4)26-20-36/h5-30H,31-32H2,1-4H3. The fourth-order valence-corrected chi connectivity index (χ4v) is 8.17. The molecular formula is C50H42N2O5. The van der Waals surface area contributed by atoms with Crippen LogP contribution in [0.25, 0.3) is 0 Å². The predicted octanol–water partition coefficient (Wildman–Crippen LogP) is 11.6. The Kier molecular flexibility index (Phi) is 9.13. The van der Waals surface area contributed by atoms with Gasteiger partial charge >= 0.3 is 5.97 Å². The molecule has 2 heterocycles. The van der Waals surface area contributed by atoms with Crippen molar-refractivity contribution in [3.8, 4) is 23.0 Å². The van der Waals surface area contributed by atoms with Crippen LogP contribution in [0.5, 0.6) is 23.0 Å². The van der Waals surface area contributed by atoms with Gasteiger partial charge in [-0.1, -0.05) is 78.9 Å². The van der Waals surface area contributed by atoms with Crippen LogP contribution in [0.3, 0.4) is 0 Å². The number of carbonyl (C=O) groups excluding carboxylic acids is 1. The molecule has 0 aromatic heterocycles. The summed E-state index contributed by atoms with van der Waals surface area (Å²) in [5.74, 6) is 2.49. The molecule has 0 bridgehead atoms. The van der Waals surface area contributed by atoms with Crippen LogP contribution >= 0.6 is 0 Å². The summed E-state index contributed by atoms with van der Waals surface area (Å²) >= 11 is 0. The van der Waals surface area contributed by atoms with Gasteiger partial charge < -0.3 is 28.7 Å². The number of rotatable bonds is 10. The summed E-state index contributed by atoms with van der Waals surface area (Å²) in [6.07, 6.45) is 0. The van der Waals surface area contributed by atoms with E-state index in [1.165, 1.54) is 0 Å². The second-order valence-corrected chi connectivity index (χ2v) is 14.5. The molecule has 2 aliphatic heterocycles. The Morgan fingerprint density at radius 1 is 0.544 bits per heavy atom. The molecule has 2 aliphatic rings. The lowest BCUT2D eigenvalue weighted by Crippen LogP contribution is -2.33. The fourth-order valence-electron chi connectivity index (χ4n) is 8.17. The Balaban J connectivity index is 1.20. The van der Waals surface area contributed by atoms with Crippen LogP contribution in [0.2, 0.25) is 0 Å². The first-order valence-electron chi connectivity index (χ1n) is 19.1. The molecule has 0 radical (unpaired) electrons. The Labute approximate surface area is 333 Å². The summed E-state index contributed by atoms with van der Waals surface area (Å²) in [6.45, 7) is 5.50. The Morgan fingerprint density at radius 3 is 1.58 bits per heavy atom. The molecule has 1 spiro atoms. The van der Waals surface area contributed by atoms with Crippen LogP contribution in [0.15, 0.2) is 158 Å². The van der Waals surface area contributed by atoms with Crippen molar-refractivity contribution >= 4 is 28.7 Å². The van der Waals surface area contributed by atoms with Crippen LogP contribution in [0.1, 0.15) is 49.3 Å². The van der Waals surface area contributed by atoms with E-state index in [2.05, 4.69) is 133 Å². The number of esters is 1. The number of para-hydroxylation sites is 2. The Bertz CT molecular complexity index is 2520. The average Bonchev–Trinajstić information content (AvgIpc) is 3.54. The molecule has 1 unspecified atom stereocenters. The number of fused-ring (bicyclic) bond motifs is 6. The van der Waals surface area contributed by atoms with Gasteiger partial charge in [-0.2, -0.15) is 0 Å². The highest BCUT2D eigenvalue weighted by Crippen LogP contribution is 2.57. The van der Waals surface area contributed by atoms with Gasteiger partial charge in [0.25, 0.3) is 0 Å². The first-order chi connectivity index (χ1) is 27.9. The topological polar surface area (TPSA) is 60.5 Å². The third-order valence-corrected chi connectivity index (χ3v) is 11.1. The minimum atomic E-state index is -1.21. The van der Waals surface area contributed by atoms with E-state index >= 15 is 0 Å². The smallest absolute Gasteiger partial charge is 0.340 e. The summed E-state index contributed by atoms with van der Waals surface area (Å²) in [7, 11) is 3.35. The maximum Gasteiger partial charge on any atom is 0.340 e. The van der Waals surface area contributed by atoms with Crippen molar-refractivity contribution in [1.82, 2.24) is 0 Å². The highest BCUT2D eigenvalue weighted by molar-refractivity contribution is 5.97. The van der Waals surface area contributed by atoms with Crippen molar-refractivity contribution in [3.63, 3.8) is 0 Å². The van der Waals surface area contributed by atoms with Crippen LogP contribution in [0, 0.1) is 13.8 Å². The second kappa shape index (κ2) is 14.6. The third-order valence-electron chi connectivity index (χ3n) is 11.1. The molecule has 0 saturated heterocycles. The van der Waals surface area contributed by atoms with Gasteiger partial charge in [0, 0.05) is 64.7 Å². The van der Waals surface area contributed by atoms with Crippen LogP contribution in [-0.2, 0) is 23.4 Å².